The smallest absolute Gasteiger partial charge is 0.227 e. The SMILES string of the molecule is CC(C)C.Fc1ncccc1Br.SNCc1ccccc1. The van der Waals surface area contributed by atoms with Crippen molar-refractivity contribution in [3.8, 4) is 0 Å². The molecule has 116 valence electrons. The molecule has 0 bridgehead atoms. The van der Waals surface area contributed by atoms with Crippen molar-refractivity contribution >= 4 is 28.7 Å². The second-order valence-corrected chi connectivity index (χ2v) is 6.00. The number of hydrogen-bond acceptors (Lipinski definition) is 3. The first-order valence-corrected chi connectivity index (χ1v) is 7.88. The standard InChI is InChI=1S/C7H9NS.C5H3BrFN.C4H10/c9-8-6-7-4-2-1-3-5-7;6-4-2-1-3-8-5(4)7;1-4(2)3/h1-5,8-9H,6H2;1-3H;4H,1-3H3. The minimum atomic E-state index is -0.465. The van der Waals surface area contributed by atoms with Gasteiger partial charge in [-0.1, -0.05) is 63.9 Å². The zero-order valence-corrected chi connectivity index (χ0v) is 15.0. The molecule has 2 rings (SSSR count). The molecule has 0 aliphatic rings. The fourth-order valence-corrected chi connectivity index (χ4v) is 1.49. The highest BCUT2D eigenvalue weighted by molar-refractivity contribution is 9.10. The topological polar surface area (TPSA) is 24.9 Å². The van der Waals surface area contributed by atoms with Crippen molar-refractivity contribution in [2.24, 2.45) is 5.92 Å². The van der Waals surface area contributed by atoms with E-state index in [0.29, 0.717) is 4.47 Å². The maximum atomic E-state index is 12.2. The molecule has 0 saturated heterocycles. The van der Waals surface area contributed by atoms with Gasteiger partial charge in [0.1, 0.15) is 0 Å². The van der Waals surface area contributed by atoms with Gasteiger partial charge in [-0.2, -0.15) is 4.39 Å². The van der Waals surface area contributed by atoms with Crippen LogP contribution in [0.1, 0.15) is 26.3 Å². The molecule has 1 N–H and O–H groups in total. The van der Waals surface area contributed by atoms with E-state index >= 15 is 0 Å². The van der Waals surface area contributed by atoms with Gasteiger partial charge in [-0.25, -0.2) is 4.98 Å². The monoisotopic (exact) mass is 372 g/mol. The zero-order valence-electron chi connectivity index (χ0n) is 12.6. The van der Waals surface area contributed by atoms with E-state index in [9.17, 15) is 4.39 Å². The summed E-state index contributed by atoms with van der Waals surface area (Å²) in [6.45, 7) is 7.32. The fourth-order valence-electron chi connectivity index (χ4n) is 1.05. The Hall–Kier alpha value is -0.910. The van der Waals surface area contributed by atoms with Crippen LogP contribution >= 0.6 is 28.7 Å². The molecule has 0 fully saturated rings. The van der Waals surface area contributed by atoms with Crippen LogP contribution in [0.25, 0.3) is 0 Å². The Balaban J connectivity index is 0.000000308. The summed E-state index contributed by atoms with van der Waals surface area (Å²) in [5.41, 5.74) is 1.26. The van der Waals surface area contributed by atoms with Crippen LogP contribution in [0, 0.1) is 11.9 Å². The Bertz CT molecular complexity index is 457. The zero-order chi connectivity index (χ0) is 16.1. The van der Waals surface area contributed by atoms with E-state index in [2.05, 4.69) is 71.4 Å². The molecule has 2 nitrogen and oxygen atoms in total. The highest BCUT2D eigenvalue weighted by Crippen LogP contribution is 2.09. The van der Waals surface area contributed by atoms with Gasteiger partial charge >= 0.3 is 0 Å². The van der Waals surface area contributed by atoms with E-state index in [0.717, 1.165) is 12.5 Å². The van der Waals surface area contributed by atoms with Gasteiger partial charge in [0.15, 0.2) is 0 Å². The van der Waals surface area contributed by atoms with Gasteiger partial charge in [0.05, 0.1) is 4.47 Å². The number of nitrogens with one attached hydrogen (secondary N) is 1. The third-order valence-corrected chi connectivity index (χ3v) is 2.59. The Morgan fingerprint density at radius 3 is 2.10 bits per heavy atom. The van der Waals surface area contributed by atoms with E-state index < -0.39 is 5.95 Å². The van der Waals surface area contributed by atoms with Crippen LogP contribution in [-0.2, 0) is 6.54 Å². The molecule has 0 atom stereocenters. The molecule has 1 aromatic heterocycles. The van der Waals surface area contributed by atoms with Crippen LogP contribution < -0.4 is 4.72 Å². The van der Waals surface area contributed by atoms with Gasteiger partial charge in [-0.15, -0.1) is 0 Å². The summed E-state index contributed by atoms with van der Waals surface area (Å²) in [5, 5.41) is 0. The van der Waals surface area contributed by atoms with Gasteiger partial charge in [0, 0.05) is 12.7 Å². The Morgan fingerprint density at radius 2 is 1.71 bits per heavy atom. The summed E-state index contributed by atoms with van der Waals surface area (Å²) in [7, 11) is 0. The molecule has 0 aliphatic heterocycles. The van der Waals surface area contributed by atoms with E-state index in [-0.39, 0.29) is 0 Å². The van der Waals surface area contributed by atoms with Crippen molar-refractivity contribution in [3.63, 3.8) is 0 Å². The molecule has 5 heteroatoms. The molecular formula is C16H22BrFN2S. The van der Waals surface area contributed by atoms with Crippen LogP contribution in [0.3, 0.4) is 0 Å². The first-order valence-electron chi connectivity index (χ1n) is 6.64. The summed E-state index contributed by atoms with van der Waals surface area (Å²) >= 11 is 6.84. The van der Waals surface area contributed by atoms with E-state index in [1.54, 1.807) is 12.1 Å². The van der Waals surface area contributed by atoms with Gasteiger partial charge in [-0.3, -0.25) is 4.72 Å². The molecule has 0 amide bonds. The molecule has 1 aromatic carbocycles. The van der Waals surface area contributed by atoms with Crippen LogP contribution in [-0.4, -0.2) is 4.98 Å². The van der Waals surface area contributed by atoms with E-state index in [1.807, 2.05) is 18.2 Å². The fraction of sp³-hybridized carbons (Fsp3) is 0.312. The van der Waals surface area contributed by atoms with Crippen LogP contribution in [0.15, 0.2) is 53.1 Å². The largest absolute Gasteiger partial charge is 0.262 e. The molecule has 1 heterocycles. The van der Waals surface area contributed by atoms with Gasteiger partial charge < -0.3 is 0 Å². The van der Waals surface area contributed by atoms with Crippen molar-refractivity contribution in [1.29, 1.82) is 0 Å². The second kappa shape index (κ2) is 12.8. The molecule has 0 radical (unpaired) electrons. The predicted octanol–water partition coefficient (Wildman–Crippen LogP) is 5.27. The summed E-state index contributed by atoms with van der Waals surface area (Å²) in [5.74, 6) is 0.368. The van der Waals surface area contributed by atoms with Gasteiger partial charge in [-0.05, 0) is 39.5 Å². The highest BCUT2D eigenvalue weighted by Gasteiger charge is 1.92. The summed E-state index contributed by atoms with van der Waals surface area (Å²) in [6.07, 6.45) is 1.40. The number of benzene rings is 1. The first-order chi connectivity index (χ1) is 9.97. The van der Waals surface area contributed by atoms with Crippen molar-refractivity contribution < 1.29 is 4.39 Å². The Labute approximate surface area is 140 Å². The Kier molecular flexibility index (Phi) is 12.2. The predicted molar refractivity (Wildman–Crippen MR) is 94.7 cm³/mol. The summed E-state index contributed by atoms with van der Waals surface area (Å²) < 4.78 is 15.3. The first kappa shape index (κ1) is 20.1. The second-order valence-electron chi connectivity index (χ2n) is 4.83. The molecule has 0 aliphatic carbocycles. The number of halogens is 2. The number of thiol groups is 1. The molecule has 0 unspecified atom stereocenters. The van der Waals surface area contributed by atoms with Crippen LogP contribution in [0.2, 0.25) is 0 Å². The highest BCUT2D eigenvalue weighted by atomic mass is 79.9. The van der Waals surface area contributed by atoms with Crippen molar-refractivity contribution in [3.05, 3.63) is 64.6 Å². The minimum Gasteiger partial charge on any atom is -0.262 e. The number of rotatable bonds is 2. The number of aromatic nitrogens is 1. The molecule has 21 heavy (non-hydrogen) atoms. The number of nitrogens with zero attached hydrogens (tertiary/aromatic N) is 1. The van der Waals surface area contributed by atoms with Crippen LogP contribution in [0.4, 0.5) is 4.39 Å². The van der Waals surface area contributed by atoms with E-state index in [1.165, 1.54) is 11.8 Å². The number of hydrogen-bond donors (Lipinski definition) is 2. The minimum absolute atomic E-state index is 0.403. The lowest BCUT2D eigenvalue weighted by Gasteiger charge is -1.95. The molecule has 0 saturated carbocycles. The van der Waals surface area contributed by atoms with Gasteiger partial charge in [0.2, 0.25) is 5.95 Å². The van der Waals surface area contributed by atoms with Crippen molar-refractivity contribution in [2.75, 3.05) is 0 Å². The lowest BCUT2D eigenvalue weighted by Crippen LogP contribution is -1.96. The third-order valence-electron chi connectivity index (χ3n) is 1.84. The quantitative estimate of drug-likeness (QED) is 0.554. The third kappa shape index (κ3) is 12.5. The van der Waals surface area contributed by atoms with Crippen molar-refractivity contribution in [1.82, 2.24) is 9.71 Å². The molecule has 2 aromatic rings. The Morgan fingerprint density at radius 1 is 1.14 bits per heavy atom. The van der Waals surface area contributed by atoms with E-state index in [4.69, 9.17) is 0 Å². The maximum absolute atomic E-state index is 12.2. The number of pyridine rings is 1. The normalized spacial score (nSPS) is 9.29. The summed E-state index contributed by atoms with van der Waals surface area (Å²) in [6, 6.07) is 13.4. The maximum Gasteiger partial charge on any atom is 0.227 e. The lowest BCUT2D eigenvalue weighted by molar-refractivity contribution is 0.577. The van der Waals surface area contributed by atoms with Gasteiger partial charge in [0.25, 0.3) is 0 Å². The lowest BCUT2D eigenvalue weighted by atomic mass is 10.2. The average Bonchev–Trinajstić information content (AvgIpc) is 2.44. The summed E-state index contributed by atoms with van der Waals surface area (Å²) in [4.78, 5) is 3.37. The molecule has 0 spiro atoms. The molecular weight excluding hydrogens is 351 g/mol. The average molecular weight is 373 g/mol. The van der Waals surface area contributed by atoms with Crippen LogP contribution in [0.5, 0.6) is 0 Å². The van der Waals surface area contributed by atoms with Crippen molar-refractivity contribution in [2.45, 2.75) is 27.3 Å².